The summed E-state index contributed by atoms with van der Waals surface area (Å²) in [6.45, 7) is 0.533. The highest BCUT2D eigenvalue weighted by molar-refractivity contribution is 5.99. The van der Waals surface area contributed by atoms with Gasteiger partial charge in [0.25, 0.3) is 11.8 Å². The standard InChI is InChI=1S/C24H20F3N5O2/c25-15-6-4-14(5-7-15)19-13-28-30-22(19)24(33)32-10-2-1-3-17(32)12-21-29-31-23(34-21)18-11-16(26)8-9-20(18)27/h4-9,11,13,17H,1-3,10,12H2,(H,28,30). The van der Waals surface area contributed by atoms with E-state index in [-0.39, 0.29) is 41.5 Å². The summed E-state index contributed by atoms with van der Waals surface area (Å²) in [4.78, 5) is 15.2. The van der Waals surface area contributed by atoms with E-state index in [2.05, 4.69) is 20.4 Å². The number of piperidine rings is 1. The van der Waals surface area contributed by atoms with Crippen LogP contribution in [0.1, 0.15) is 35.6 Å². The van der Waals surface area contributed by atoms with Crippen LogP contribution >= 0.6 is 0 Å². The highest BCUT2D eigenvalue weighted by Crippen LogP contribution is 2.28. The summed E-state index contributed by atoms with van der Waals surface area (Å²) in [5.74, 6) is -1.78. The predicted molar refractivity (Wildman–Crippen MR) is 116 cm³/mol. The molecule has 0 saturated carbocycles. The molecule has 1 amide bonds. The van der Waals surface area contributed by atoms with Gasteiger partial charge in [0.1, 0.15) is 23.1 Å². The van der Waals surface area contributed by atoms with E-state index in [0.29, 0.717) is 23.4 Å². The van der Waals surface area contributed by atoms with Gasteiger partial charge in [-0.15, -0.1) is 10.2 Å². The van der Waals surface area contributed by atoms with Gasteiger partial charge < -0.3 is 9.32 Å². The van der Waals surface area contributed by atoms with E-state index in [9.17, 15) is 18.0 Å². The summed E-state index contributed by atoms with van der Waals surface area (Å²) in [5.41, 5.74) is 1.45. The van der Waals surface area contributed by atoms with Crippen LogP contribution in [0.4, 0.5) is 13.2 Å². The number of nitrogens with zero attached hydrogens (tertiary/aromatic N) is 4. The highest BCUT2D eigenvalue weighted by atomic mass is 19.1. The number of hydrogen-bond donors (Lipinski definition) is 1. The molecule has 3 heterocycles. The summed E-state index contributed by atoms with van der Waals surface area (Å²) in [6.07, 6.45) is 4.29. The minimum Gasteiger partial charge on any atom is -0.421 e. The van der Waals surface area contributed by atoms with Crippen LogP contribution in [0.3, 0.4) is 0 Å². The molecule has 0 aliphatic carbocycles. The Balaban J connectivity index is 1.37. The zero-order valence-corrected chi connectivity index (χ0v) is 18.0. The molecule has 1 saturated heterocycles. The first-order chi connectivity index (χ1) is 16.5. The molecule has 1 aliphatic rings. The lowest BCUT2D eigenvalue weighted by Crippen LogP contribution is -2.45. The molecule has 2 aromatic carbocycles. The first-order valence-electron chi connectivity index (χ1n) is 10.9. The number of carbonyl (C=O) groups is 1. The number of amides is 1. The zero-order chi connectivity index (χ0) is 23.7. The van der Waals surface area contributed by atoms with E-state index >= 15 is 0 Å². The molecule has 0 bridgehead atoms. The molecular weight excluding hydrogens is 447 g/mol. The van der Waals surface area contributed by atoms with Gasteiger partial charge >= 0.3 is 0 Å². The number of nitrogens with one attached hydrogen (secondary N) is 1. The number of benzene rings is 2. The summed E-state index contributed by atoms with van der Waals surface area (Å²) >= 11 is 0. The first kappa shape index (κ1) is 21.9. The van der Waals surface area contributed by atoms with Crippen molar-refractivity contribution in [3.8, 4) is 22.6 Å². The summed E-state index contributed by atoms with van der Waals surface area (Å²) < 4.78 is 46.5. The maximum Gasteiger partial charge on any atom is 0.272 e. The van der Waals surface area contributed by atoms with Crippen molar-refractivity contribution in [1.29, 1.82) is 0 Å². The molecule has 5 rings (SSSR count). The van der Waals surface area contributed by atoms with Crippen molar-refractivity contribution in [2.24, 2.45) is 0 Å². The number of H-pyrrole nitrogens is 1. The van der Waals surface area contributed by atoms with Crippen molar-refractivity contribution < 1.29 is 22.4 Å². The van der Waals surface area contributed by atoms with Crippen LogP contribution in [0.5, 0.6) is 0 Å². The number of hydrogen-bond acceptors (Lipinski definition) is 5. The fourth-order valence-electron chi connectivity index (χ4n) is 4.23. The lowest BCUT2D eigenvalue weighted by Gasteiger charge is -2.35. The maximum atomic E-state index is 14.1. The average Bonchev–Trinajstić information content (AvgIpc) is 3.51. The largest absolute Gasteiger partial charge is 0.421 e. The van der Waals surface area contributed by atoms with Gasteiger partial charge in [-0.1, -0.05) is 12.1 Å². The van der Waals surface area contributed by atoms with Crippen LogP contribution in [0, 0.1) is 17.5 Å². The molecule has 0 radical (unpaired) electrons. The molecule has 1 unspecified atom stereocenters. The Labute approximate surface area is 192 Å². The van der Waals surface area contributed by atoms with Gasteiger partial charge in [0.2, 0.25) is 5.89 Å². The Morgan fingerprint density at radius 3 is 2.65 bits per heavy atom. The molecule has 7 nitrogen and oxygen atoms in total. The van der Waals surface area contributed by atoms with Crippen LogP contribution < -0.4 is 0 Å². The molecule has 4 aromatic rings. The van der Waals surface area contributed by atoms with Crippen molar-refractivity contribution in [1.82, 2.24) is 25.3 Å². The maximum absolute atomic E-state index is 14.1. The third kappa shape index (κ3) is 4.30. The first-order valence-corrected chi connectivity index (χ1v) is 10.9. The Hall–Kier alpha value is -3.95. The van der Waals surface area contributed by atoms with Crippen LogP contribution in [0.2, 0.25) is 0 Å². The molecule has 1 atom stereocenters. The van der Waals surface area contributed by atoms with Gasteiger partial charge in [0.05, 0.1) is 11.8 Å². The fourth-order valence-corrected chi connectivity index (χ4v) is 4.23. The quantitative estimate of drug-likeness (QED) is 0.456. The van der Waals surface area contributed by atoms with E-state index < -0.39 is 11.6 Å². The van der Waals surface area contributed by atoms with Crippen molar-refractivity contribution in [3.63, 3.8) is 0 Å². The Bertz CT molecular complexity index is 1320. The topological polar surface area (TPSA) is 87.9 Å². The Morgan fingerprint density at radius 1 is 1.03 bits per heavy atom. The molecule has 1 N–H and O–H groups in total. The van der Waals surface area contributed by atoms with E-state index in [4.69, 9.17) is 4.42 Å². The summed E-state index contributed by atoms with van der Waals surface area (Å²) in [6, 6.07) is 8.63. The van der Waals surface area contributed by atoms with Gasteiger partial charge in [-0.2, -0.15) is 5.10 Å². The number of rotatable bonds is 5. The minimum absolute atomic E-state index is 0.114. The Kier molecular flexibility index (Phi) is 5.87. The highest BCUT2D eigenvalue weighted by Gasteiger charge is 2.31. The second-order valence-electron chi connectivity index (χ2n) is 8.14. The number of likely N-dealkylation sites (tertiary alicyclic amines) is 1. The van der Waals surface area contributed by atoms with Crippen molar-refractivity contribution in [3.05, 3.63) is 77.7 Å². The van der Waals surface area contributed by atoms with E-state index in [0.717, 1.165) is 37.5 Å². The third-order valence-electron chi connectivity index (χ3n) is 5.93. The molecular formula is C24H20F3N5O2. The SMILES string of the molecule is O=C(c1[nH]ncc1-c1ccc(F)cc1)N1CCCCC1Cc1nnc(-c2cc(F)ccc2F)o1. The lowest BCUT2D eigenvalue weighted by molar-refractivity contribution is 0.0600. The molecule has 174 valence electrons. The average molecular weight is 467 g/mol. The second-order valence-corrected chi connectivity index (χ2v) is 8.14. The van der Waals surface area contributed by atoms with Crippen molar-refractivity contribution in [2.45, 2.75) is 31.7 Å². The Morgan fingerprint density at radius 2 is 1.82 bits per heavy atom. The molecule has 1 fully saturated rings. The van der Waals surface area contributed by atoms with Gasteiger partial charge in [-0.25, -0.2) is 13.2 Å². The zero-order valence-electron chi connectivity index (χ0n) is 18.0. The third-order valence-corrected chi connectivity index (χ3v) is 5.93. The summed E-state index contributed by atoms with van der Waals surface area (Å²) in [7, 11) is 0. The number of halogens is 3. The number of carbonyl (C=O) groups excluding carboxylic acids is 1. The number of aromatic nitrogens is 4. The smallest absolute Gasteiger partial charge is 0.272 e. The van der Waals surface area contributed by atoms with Gasteiger partial charge in [-0.3, -0.25) is 9.89 Å². The fraction of sp³-hybridized carbons (Fsp3) is 0.250. The van der Waals surface area contributed by atoms with Crippen LogP contribution in [-0.2, 0) is 6.42 Å². The lowest BCUT2D eigenvalue weighted by atomic mass is 9.97. The van der Waals surface area contributed by atoms with Gasteiger partial charge in [0, 0.05) is 24.6 Å². The summed E-state index contributed by atoms with van der Waals surface area (Å²) in [5, 5.41) is 14.6. The number of aromatic amines is 1. The van der Waals surface area contributed by atoms with E-state index in [1.807, 2.05) is 0 Å². The van der Waals surface area contributed by atoms with Gasteiger partial charge in [0.15, 0.2) is 0 Å². The molecule has 2 aromatic heterocycles. The van der Waals surface area contributed by atoms with E-state index in [1.165, 1.54) is 18.3 Å². The predicted octanol–water partition coefficient (Wildman–Crippen LogP) is 4.78. The molecule has 0 spiro atoms. The van der Waals surface area contributed by atoms with E-state index in [1.54, 1.807) is 17.0 Å². The van der Waals surface area contributed by atoms with Crippen LogP contribution in [0.15, 0.2) is 53.1 Å². The molecule has 1 aliphatic heterocycles. The second kappa shape index (κ2) is 9.12. The van der Waals surface area contributed by atoms with Gasteiger partial charge in [-0.05, 0) is 55.2 Å². The normalized spacial score (nSPS) is 16.1. The van der Waals surface area contributed by atoms with Crippen LogP contribution in [0.25, 0.3) is 22.6 Å². The minimum atomic E-state index is -0.668. The van der Waals surface area contributed by atoms with Crippen molar-refractivity contribution in [2.75, 3.05) is 6.54 Å². The van der Waals surface area contributed by atoms with Crippen molar-refractivity contribution >= 4 is 5.91 Å². The molecule has 34 heavy (non-hydrogen) atoms. The molecule has 10 heteroatoms. The monoisotopic (exact) mass is 467 g/mol. The van der Waals surface area contributed by atoms with Crippen LogP contribution in [-0.4, -0.2) is 43.8 Å².